The van der Waals surface area contributed by atoms with E-state index in [-0.39, 0.29) is 13.1 Å². The minimum atomic E-state index is -1.29. The van der Waals surface area contributed by atoms with Crippen molar-refractivity contribution in [3.63, 3.8) is 0 Å². The van der Waals surface area contributed by atoms with Gasteiger partial charge < -0.3 is 29.7 Å². The third-order valence-corrected chi connectivity index (χ3v) is 7.44. The van der Waals surface area contributed by atoms with Crippen LogP contribution >= 0.6 is 0 Å². The summed E-state index contributed by atoms with van der Waals surface area (Å²) >= 11 is 0. The molecule has 0 unspecified atom stereocenters. The van der Waals surface area contributed by atoms with Crippen molar-refractivity contribution in [1.29, 1.82) is 0 Å². The smallest absolute Gasteiger partial charge is 0.329 e. The van der Waals surface area contributed by atoms with Crippen LogP contribution in [0.5, 0.6) is 0 Å². The molecule has 0 aliphatic heterocycles. The lowest BCUT2D eigenvalue weighted by Crippen LogP contribution is -2.56. The minimum Gasteiger partial charge on any atom is -0.460 e. The molecule has 0 bridgehead atoms. The van der Waals surface area contributed by atoms with Gasteiger partial charge in [-0.05, 0) is 63.4 Å². The molecule has 266 valence electrons. The number of hydrogen-bond donors (Lipinski definition) is 3. The topological polar surface area (TPSA) is 139 Å². The van der Waals surface area contributed by atoms with Gasteiger partial charge in [0.25, 0.3) is 0 Å². The van der Waals surface area contributed by atoms with E-state index in [1.807, 2.05) is 93.6 Å². The second-order valence-corrected chi connectivity index (χ2v) is 12.7. The van der Waals surface area contributed by atoms with Gasteiger partial charge >= 0.3 is 12.0 Å². The maximum absolute atomic E-state index is 14.6. The van der Waals surface area contributed by atoms with Gasteiger partial charge in [0.15, 0.2) is 6.29 Å². The zero-order chi connectivity index (χ0) is 36.0. The van der Waals surface area contributed by atoms with Crippen molar-refractivity contribution >= 4 is 34.6 Å². The second kappa shape index (κ2) is 18.9. The fourth-order valence-corrected chi connectivity index (χ4v) is 5.27. The van der Waals surface area contributed by atoms with Crippen LogP contribution in [0.2, 0.25) is 0 Å². The number of nitrogens with one attached hydrogen (secondary N) is 3. The van der Waals surface area contributed by atoms with E-state index < -0.39 is 54.2 Å². The number of hydrazine groups is 1. The summed E-state index contributed by atoms with van der Waals surface area (Å²) in [5.41, 5.74) is 3.57. The second-order valence-electron chi connectivity index (χ2n) is 12.7. The average Bonchev–Trinajstić information content (AvgIpc) is 3.04. The summed E-state index contributed by atoms with van der Waals surface area (Å²) in [7, 11) is 1.52. The molecule has 3 rings (SSSR count). The van der Waals surface area contributed by atoms with E-state index in [4.69, 9.17) is 14.2 Å². The molecule has 3 aromatic carbocycles. The third-order valence-electron chi connectivity index (χ3n) is 7.44. The number of fused-ring (bicyclic) bond motifs is 1. The Hall–Kier alpha value is -4.52. The molecule has 2 atom stereocenters. The maximum Gasteiger partial charge on any atom is 0.329 e. The number of carbonyl (C=O) groups excluding carboxylic acids is 4. The first-order valence-corrected chi connectivity index (χ1v) is 16.6. The zero-order valence-electron chi connectivity index (χ0n) is 29.7. The summed E-state index contributed by atoms with van der Waals surface area (Å²) in [6, 6.07) is 20.7. The van der Waals surface area contributed by atoms with E-state index in [0.29, 0.717) is 19.8 Å². The van der Waals surface area contributed by atoms with Crippen molar-refractivity contribution in [1.82, 2.24) is 26.0 Å². The highest BCUT2D eigenvalue weighted by Gasteiger charge is 2.36. The van der Waals surface area contributed by atoms with Crippen LogP contribution in [0.3, 0.4) is 0 Å². The number of ether oxygens (including phenoxy) is 3. The van der Waals surface area contributed by atoms with Crippen LogP contribution in [0, 0.1) is 0 Å². The lowest BCUT2D eigenvalue weighted by atomic mass is 10.0. The number of urea groups is 1. The molecule has 0 heterocycles. The number of benzene rings is 3. The Morgan fingerprint density at radius 2 is 1.49 bits per heavy atom. The molecular weight excluding hydrogens is 626 g/mol. The lowest BCUT2D eigenvalue weighted by Gasteiger charge is -2.37. The molecule has 3 N–H and O–H groups in total. The quantitative estimate of drug-likeness (QED) is 0.108. The van der Waals surface area contributed by atoms with E-state index >= 15 is 0 Å². The fraction of sp³-hybridized carbons (Fsp3) is 0.459. The molecule has 0 aliphatic carbocycles. The molecule has 0 fully saturated rings. The number of amides is 4. The molecule has 0 aliphatic rings. The monoisotopic (exact) mass is 677 g/mol. The van der Waals surface area contributed by atoms with Crippen LogP contribution in [0.25, 0.3) is 10.8 Å². The van der Waals surface area contributed by atoms with Crippen LogP contribution < -0.4 is 16.1 Å². The summed E-state index contributed by atoms with van der Waals surface area (Å²) in [5, 5.41) is 8.73. The standard InChI is InChI=1S/C37H51N5O7/c1-8-47-35(48-9-2)26(3)42(24-29-20-15-19-28-18-13-14-21-30(28)29)34(45)31(22-33(44)49-37(4,5)6)39-32(43)25-41(7)40-36(46)38-23-27-16-11-10-12-17-27/h10-21,26,31,35H,8-9,22-25H2,1-7H3,(H,39,43)(H2,38,40,46)/t26-,31-/m0/s1. The highest BCUT2D eigenvalue weighted by atomic mass is 16.7. The molecule has 12 heteroatoms. The number of rotatable bonds is 17. The number of carbonyl (C=O) groups is 4. The van der Waals surface area contributed by atoms with E-state index in [2.05, 4.69) is 16.1 Å². The molecule has 0 radical (unpaired) electrons. The summed E-state index contributed by atoms with van der Waals surface area (Å²) in [6.45, 7) is 11.5. The number of hydrogen-bond acceptors (Lipinski definition) is 8. The van der Waals surface area contributed by atoms with Crippen LogP contribution in [0.1, 0.15) is 59.1 Å². The number of esters is 1. The first-order valence-electron chi connectivity index (χ1n) is 16.6. The van der Waals surface area contributed by atoms with Crippen molar-refractivity contribution in [2.75, 3.05) is 26.8 Å². The van der Waals surface area contributed by atoms with Gasteiger partial charge in [-0.25, -0.2) is 9.80 Å². The number of nitrogens with zero attached hydrogens (tertiary/aromatic N) is 2. The van der Waals surface area contributed by atoms with Gasteiger partial charge in [-0.2, -0.15) is 0 Å². The van der Waals surface area contributed by atoms with Gasteiger partial charge in [0.2, 0.25) is 11.8 Å². The first kappa shape index (κ1) is 38.9. The predicted octanol–water partition coefficient (Wildman–Crippen LogP) is 4.52. The Bertz CT molecular complexity index is 1520. The Labute approximate surface area is 289 Å². The van der Waals surface area contributed by atoms with Crippen molar-refractivity contribution in [3.8, 4) is 0 Å². The molecule has 0 saturated carbocycles. The average molecular weight is 678 g/mol. The Balaban J connectivity index is 1.86. The van der Waals surface area contributed by atoms with Crippen LogP contribution in [-0.4, -0.2) is 84.5 Å². The molecular formula is C37H51N5O7. The molecule has 0 saturated heterocycles. The van der Waals surface area contributed by atoms with Crippen molar-refractivity contribution in [2.24, 2.45) is 0 Å². The van der Waals surface area contributed by atoms with E-state index in [1.54, 1.807) is 25.7 Å². The Kier molecular flexibility index (Phi) is 15.0. The zero-order valence-corrected chi connectivity index (χ0v) is 29.7. The fourth-order valence-electron chi connectivity index (χ4n) is 5.27. The van der Waals surface area contributed by atoms with E-state index in [0.717, 1.165) is 21.9 Å². The molecule has 4 amide bonds. The van der Waals surface area contributed by atoms with Crippen molar-refractivity contribution < 1.29 is 33.4 Å². The van der Waals surface area contributed by atoms with E-state index in [1.165, 1.54) is 12.1 Å². The minimum absolute atomic E-state index is 0.154. The van der Waals surface area contributed by atoms with Gasteiger partial charge in [-0.3, -0.25) is 19.8 Å². The van der Waals surface area contributed by atoms with Crippen molar-refractivity contribution in [2.45, 2.75) is 85.0 Å². The summed E-state index contributed by atoms with van der Waals surface area (Å²) in [6.07, 6.45) is -1.18. The third kappa shape index (κ3) is 12.8. The van der Waals surface area contributed by atoms with Gasteiger partial charge in [0.05, 0.1) is 19.0 Å². The predicted molar refractivity (Wildman–Crippen MR) is 188 cm³/mol. The molecule has 3 aromatic rings. The van der Waals surface area contributed by atoms with Crippen LogP contribution in [0.4, 0.5) is 4.79 Å². The molecule has 12 nitrogen and oxygen atoms in total. The summed E-state index contributed by atoms with van der Waals surface area (Å²) in [4.78, 5) is 55.1. The maximum atomic E-state index is 14.6. The highest BCUT2D eigenvalue weighted by molar-refractivity contribution is 5.92. The SMILES string of the molecule is CCOC(OCC)[C@H](C)N(Cc1cccc2ccccc12)C(=O)[C@H](CC(=O)OC(C)(C)C)NC(=O)CN(C)NC(=O)NCc1ccccc1. The van der Waals surface area contributed by atoms with Crippen LogP contribution in [0.15, 0.2) is 72.8 Å². The summed E-state index contributed by atoms with van der Waals surface area (Å²) < 4.78 is 17.3. The van der Waals surface area contributed by atoms with Crippen molar-refractivity contribution in [3.05, 3.63) is 83.9 Å². The van der Waals surface area contributed by atoms with Gasteiger partial charge in [0.1, 0.15) is 11.6 Å². The lowest BCUT2D eigenvalue weighted by molar-refractivity contribution is -0.180. The van der Waals surface area contributed by atoms with Gasteiger partial charge in [-0.15, -0.1) is 0 Å². The number of likely N-dealkylation sites (N-methyl/N-ethyl adjacent to an activating group) is 1. The highest BCUT2D eigenvalue weighted by Crippen LogP contribution is 2.24. The van der Waals surface area contributed by atoms with Gasteiger partial charge in [-0.1, -0.05) is 72.8 Å². The molecule has 0 spiro atoms. The van der Waals surface area contributed by atoms with Crippen LogP contribution in [-0.2, 0) is 41.7 Å². The van der Waals surface area contributed by atoms with E-state index in [9.17, 15) is 19.2 Å². The Morgan fingerprint density at radius 3 is 2.14 bits per heavy atom. The summed E-state index contributed by atoms with van der Waals surface area (Å²) in [5.74, 6) is -1.75. The largest absolute Gasteiger partial charge is 0.460 e. The molecule has 49 heavy (non-hydrogen) atoms. The molecule has 0 aromatic heterocycles. The van der Waals surface area contributed by atoms with Gasteiger partial charge in [0, 0.05) is 33.4 Å². The first-order chi connectivity index (χ1) is 23.3. The normalized spacial score (nSPS) is 12.8. The Morgan fingerprint density at radius 1 is 0.857 bits per heavy atom.